The average molecular weight is 586 g/mol. The number of sulfonamides is 1. The number of nitrogens with two attached hydrogens (primary N) is 1. The Labute approximate surface area is 238 Å². The molecule has 0 aliphatic heterocycles. The normalized spacial score (nSPS) is 13.6. The largest absolute Gasteiger partial charge is 0.477 e. The third kappa shape index (κ3) is 6.45. The van der Waals surface area contributed by atoms with Gasteiger partial charge in [-0.1, -0.05) is 29.8 Å². The first-order valence-corrected chi connectivity index (χ1v) is 14.4. The number of pyridine rings is 1. The lowest BCUT2D eigenvalue weighted by atomic mass is 10.0. The number of aromatic nitrogens is 2. The summed E-state index contributed by atoms with van der Waals surface area (Å²) in [4.78, 5) is 16.2. The van der Waals surface area contributed by atoms with E-state index in [2.05, 4.69) is 10.3 Å². The number of anilines is 1. The molecule has 4 rings (SSSR count). The van der Waals surface area contributed by atoms with E-state index in [1.54, 1.807) is 28.8 Å². The van der Waals surface area contributed by atoms with Gasteiger partial charge in [0.15, 0.2) is 0 Å². The van der Waals surface area contributed by atoms with Crippen LogP contribution in [-0.2, 0) is 23.0 Å². The number of carboxylic acids is 1. The third-order valence-corrected chi connectivity index (χ3v) is 8.84. The van der Waals surface area contributed by atoms with E-state index in [-0.39, 0.29) is 29.0 Å². The molecule has 0 saturated carbocycles. The second kappa shape index (κ2) is 11.9. The predicted molar refractivity (Wildman–Crippen MR) is 155 cm³/mol. The van der Waals surface area contributed by atoms with Crippen molar-refractivity contribution in [2.75, 3.05) is 26.4 Å². The van der Waals surface area contributed by atoms with Crippen LogP contribution >= 0.6 is 11.6 Å². The van der Waals surface area contributed by atoms with Crippen LogP contribution in [0.4, 0.5) is 5.82 Å². The van der Waals surface area contributed by atoms with Gasteiger partial charge in [-0.2, -0.15) is 0 Å². The van der Waals surface area contributed by atoms with Gasteiger partial charge in [0.25, 0.3) is 0 Å². The molecule has 2 unspecified atom stereocenters. The van der Waals surface area contributed by atoms with Crippen LogP contribution in [0.15, 0.2) is 65.7 Å². The standard InChI is InChI=1S/C28H32ClN5O5S/c1-17(31-15-26(35)21-12-23(29)27(30)32-14-21)10-19-6-9-24-20(11-19)13-25(28(36)37)34(24)16-18-4-7-22(8-5-18)40(38,39)33(2)3/h4-9,11-14,17,26,31,35H,10,15-16H2,1-3H3,(H2,30,32)(H,36,37). The Kier molecular flexibility index (Phi) is 8.81. The van der Waals surface area contributed by atoms with Gasteiger partial charge in [-0.05, 0) is 60.9 Å². The van der Waals surface area contributed by atoms with Crippen molar-refractivity contribution in [3.63, 3.8) is 0 Å². The van der Waals surface area contributed by atoms with Gasteiger partial charge in [-0.25, -0.2) is 22.5 Å². The maximum atomic E-state index is 12.4. The van der Waals surface area contributed by atoms with Gasteiger partial charge in [0, 0.05) is 55.9 Å². The molecule has 2 heterocycles. The van der Waals surface area contributed by atoms with E-state index < -0.39 is 22.1 Å². The van der Waals surface area contributed by atoms with E-state index in [4.69, 9.17) is 17.3 Å². The minimum atomic E-state index is -3.55. The van der Waals surface area contributed by atoms with E-state index >= 15 is 0 Å². The molecule has 0 radical (unpaired) electrons. The molecular weight excluding hydrogens is 554 g/mol. The second-order valence-corrected chi connectivity index (χ2v) is 12.5. The molecule has 0 amide bonds. The number of hydrogen-bond donors (Lipinski definition) is 4. The highest BCUT2D eigenvalue weighted by molar-refractivity contribution is 7.89. The minimum absolute atomic E-state index is 0.0160. The first-order valence-electron chi connectivity index (χ1n) is 12.6. The number of fused-ring (bicyclic) bond motifs is 1. The van der Waals surface area contributed by atoms with Crippen molar-refractivity contribution in [1.82, 2.24) is 19.2 Å². The smallest absolute Gasteiger partial charge is 0.352 e. The highest BCUT2D eigenvalue weighted by Crippen LogP contribution is 2.25. The summed E-state index contributed by atoms with van der Waals surface area (Å²) in [5.41, 5.74) is 8.88. The number of aliphatic hydroxyl groups is 1. The summed E-state index contributed by atoms with van der Waals surface area (Å²) in [6, 6.07) is 15.5. The molecule has 212 valence electrons. The minimum Gasteiger partial charge on any atom is -0.477 e. The maximum absolute atomic E-state index is 12.4. The lowest BCUT2D eigenvalue weighted by Crippen LogP contribution is -2.32. The number of halogens is 1. The number of nitrogen functional groups attached to an aromatic ring is 1. The number of carbonyl (C=O) groups is 1. The summed E-state index contributed by atoms with van der Waals surface area (Å²) in [6.07, 6.45) is 1.34. The molecule has 5 N–H and O–H groups in total. The van der Waals surface area contributed by atoms with Crippen molar-refractivity contribution in [2.45, 2.75) is 36.9 Å². The van der Waals surface area contributed by atoms with Crippen molar-refractivity contribution in [1.29, 1.82) is 0 Å². The molecule has 0 spiro atoms. The zero-order chi connectivity index (χ0) is 29.2. The van der Waals surface area contributed by atoms with E-state index in [0.717, 1.165) is 26.3 Å². The summed E-state index contributed by atoms with van der Waals surface area (Å²) in [5, 5.41) is 24.7. The SMILES string of the molecule is CC(Cc1ccc2c(c1)cc(C(=O)O)n2Cc1ccc(S(=O)(=O)N(C)C)cc1)NCC(O)c1cnc(N)c(Cl)c1. The lowest BCUT2D eigenvalue weighted by Gasteiger charge is -2.18. The zero-order valence-corrected chi connectivity index (χ0v) is 23.9. The number of carboxylic acid groups (broad SMARTS) is 1. The summed E-state index contributed by atoms with van der Waals surface area (Å²) < 4.78 is 27.6. The van der Waals surface area contributed by atoms with Crippen LogP contribution < -0.4 is 11.1 Å². The van der Waals surface area contributed by atoms with Crippen LogP contribution in [0.5, 0.6) is 0 Å². The van der Waals surface area contributed by atoms with Crippen molar-refractivity contribution in [3.05, 3.63) is 88.2 Å². The highest BCUT2D eigenvalue weighted by Gasteiger charge is 2.19. The number of aliphatic hydroxyl groups excluding tert-OH is 1. The fourth-order valence-electron chi connectivity index (χ4n) is 4.46. The molecule has 0 fully saturated rings. The van der Waals surface area contributed by atoms with E-state index in [1.807, 2.05) is 25.1 Å². The zero-order valence-electron chi connectivity index (χ0n) is 22.4. The van der Waals surface area contributed by atoms with Crippen LogP contribution in [0.25, 0.3) is 10.9 Å². The first-order chi connectivity index (χ1) is 18.9. The van der Waals surface area contributed by atoms with Gasteiger partial charge >= 0.3 is 5.97 Å². The topological polar surface area (TPSA) is 151 Å². The van der Waals surface area contributed by atoms with Gasteiger partial charge < -0.3 is 25.8 Å². The fraction of sp³-hybridized carbons (Fsp3) is 0.286. The number of rotatable bonds is 11. The Hall–Kier alpha value is -3.48. The molecule has 2 aromatic carbocycles. The molecule has 2 aromatic heterocycles. The Balaban J connectivity index is 1.48. The molecule has 4 aromatic rings. The summed E-state index contributed by atoms with van der Waals surface area (Å²) in [5.74, 6) is -0.839. The number of nitrogens with zero attached hydrogens (tertiary/aromatic N) is 3. The van der Waals surface area contributed by atoms with Crippen LogP contribution in [0.2, 0.25) is 5.02 Å². The summed E-state index contributed by atoms with van der Waals surface area (Å²) >= 11 is 6.01. The molecular formula is C28H32ClN5O5S. The Bertz CT molecular complexity index is 1640. The molecule has 10 nitrogen and oxygen atoms in total. The average Bonchev–Trinajstić information content (AvgIpc) is 3.26. The summed E-state index contributed by atoms with van der Waals surface area (Å²) in [7, 11) is -0.611. The molecule has 0 saturated heterocycles. The fourth-order valence-corrected chi connectivity index (χ4v) is 5.53. The van der Waals surface area contributed by atoms with Gasteiger partial charge in [0.2, 0.25) is 10.0 Å². The molecule has 0 aliphatic rings. The monoisotopic (exact) mass is 585 g/mol. The van der Waals surface area contributed by atoms with Crippen LogP contribution in [0, 0.1) is 0 Å². The van der Waals surface area contributed by atoms with Crippen molar-refractivity contribution < 1.29 is 23.4 Å². The Morgan fingerprint density at radius 2 is 1.80 bits per heavy atom. The van der Waals surface area contributed by atoms with Gasteiger partial charge in [0.1, 0.15) is 11.5 Å². The van der Waals surface area contributed by atoms with E-state index in [0.29, 0.717) is 23.6 Å². The van der Waals surface area contributed by atoms with Crippen LogP contribution in [-0.4, -0.2) is 65.1 Å². The van der Waals surface area contributed by atoms with Crippen molar-refractivity contribution in [3.8, 4) is 0 Å². The van der Waals surface area contributed by atoms with Crippen molar-refractivity contribution >= 4 is 44.3 Å². The third-order valence-electron chi connectivity index (χ3n) is 6.70. The highest BCUT2D eigenvalue weighted by atomic mass is 35.5. The second-order valence-electron chi connectivity index (χ2n) is 9.91. The maximum Gasteiger partial charge on any atom is 0.352 e. The Morgan fingerprint density at radius 3 is 2.42 bits per heavy atom. The lowest BCUT2D eigenvalue weighted by molar-refractivity contribution is 0.0686. The van der Waals surface area contributed by atoms with Gasteiger partial charge in [-0.3, -0.25) is 0 Å². The number of hydrogen-bond acceptors (Lipinski definition) is 7. The van der Waals surface area contributed by atoms with Crippen LogP contribution in [0.3, 0.4) is 0 Å². The molecule has 40 heavy (non-hydrogen) atoms. The predicted octanol–water partition coefficient (Wildman–Crippen LogP) is 3.52. The molecule has 12 heteroatoms. The van der Waals surface area contributed by atoms with Gasteiger partial charge in [-0.15, -0.1) is 0 Å². The van der Waals surface area contributed by atoms with Gasteiger partial charge in [0.05, 0.1) is 16.0 Å². The summed E-state index contributed by atoms with van der Waals surface area (Å²) in [6.45, 7) is 2.56. The Morgan fingerprint density at radius 1 is 1.12 bits per heavy atom. The molecule has 2 atom stereocenters. The number of nitrogens with one attached hydrogen (secondary N) is 1. The quantitative estimate of drug-likeness (QED) is 0.209. The van der Waals surface area contributed by atoms with Crippen LogP contribution in [0.1, 0.15) is 40.2 Å². The molecule has 0 aliphatic carbocycles. The number of benzene rings is 2. The first kappa shape index (κ1) is 29.5. The van der Waals surface area contributed by atoms with E-state index in [1.165, 1.54) is 32.4 Å². The molecule has 0 bridgehead atoms. The van der Waals surface area contributed by atoms with E-state index in [9.17, 15) is 23.4 Å². The number of aromatic carboxylic acids is 1. The van der Waals surface area contributed by atoms with Crippen molar-refractivity contribution in [2.24, 2.45) is 0 Å².